The van der Waals surface area contributed by atoms with Gasteiger partial charge in [0.2, 0.25) is 0 Å². The van der Waals surface area contributed by atoms with E-state index in [4.69, 9.17) is 0 Å². The number of benzene rings is 1. The fourth-order valence-electron chi connectivity index (χ4n) is 1.54. The molecule has 0 spiro atoms. The number of nitrogens with zero attached hydrogens (tertiary/aromatic N) is 3. The number of rotatable bonds is 3. The quantitative estimate of drug-likeness (QED) is 0.889. The van der Waals surface area contributed by atoms with Crippen LogP contribution in [0.2, 0.25) is 0 Å². The van der Waals surface area contributed by atoms with E-state index in [1.54, 1.807) is 7.05 Å². The maximum absolute atomic E-state index is 12.4. The van der Waals surface area contributed by atoms with Crippen LogP contribution in [-0.2, 0) is 7.05 Å². The van der Waals surface area contributed by atoms with Crippen LogP contribution in [0.4, 0.5) is 8.78 Å². The highest BCUT2D eigenvalue weighted by Gasteiger charge is 2.15. The molecule has 1 aromatic carbocycles. The Bertz CT molecular complexity index is 496. The Hall–Kier alpha value is -1.82. The number of hydrogen-bond acceptors (Lipinski definition) is 3. The van der Waals surface area contributed by atoms with Crippen LogP contribution >= 0.6 is 0 Å². The second-order valence-electron chi connectivity index (χ2n) is 3.65. The van der Waals surface area contributed by atoms with Gasteiger partial charge in [-0.3, -0.25) is 0 Å². The van der Waals surface area contributed by atoms with E-state index in [0.717, 1.165) is 0 Å². The van der Waals surface area contributed by atoms with Gasteiger partial charge in [-0.25, -0.2) is 13.5 Å². The van der Waals surface area contributed by atoms with Gasteiger partial charge < -0.3 is 5.11 Å². The lowest BCUT2D eigenvalue weighted by molar-refractivity contribution is 0.151. The lowest BCUT2D eigenvalue weighted by atomic mass is 10.1. The van der Waals surface area contributed by atoms with Crippen LogP contribution in [0.3, 0.4) is 0 Å². The predicted octanol–water partition coefficient (Wildman–Crippen LogP) is 1.83. The molecule has 2 rings (SSSR count). The van der Waals surface area contributed by atoms with Crippen molar-refractivity contribution in [1.82, 2.24) is 15.0 Å². The van der Waals surface area contributed by atoms with Crippen molar-refractivity contribution in [2.24, 2.45) is 7.05 Å². The maximum Gasteiger partial charge on any atom is 0.263 e. The third-order valence-corrected chi connectivity index (χ3v) is 2.53. The molecular weight excluding hydrogens is 228 g/mol. The predicted molar refractivity (Wildman–Crippen MR) is 56.5 cm³/mol. The standard InChI is InChI=1S/C11H11F2N3O/c1-16-9(6-14-15-16)10(17)7-2-4-8(5-3-7)11(12)13/h2-6,10-11,17H,1H3. The Labute approximate surface area is 96.5 Å². The SMILES string of the molecule is Cn1nncc1C(O)c1ccc(C(F)F)cc1. The fraction of sp³-hybridized carbons (Fsp3) is 0.273. The lowest BCUT2D eigenvalue weighted by Crippen LogP contribution is -2.06. The van der Waals surface area contributed by atoms with E-state index >= 15 is 0 Å². The van der Waals surface area contributed by atoms with Crippen molar-refractivity contribution >= 4 is 0 Å². The van der Waals surface area contributed by atoms with Gasteiger partial charge in [0.1, 0.15) is 6.10 Å². The normalized spacial score (nSPS) is 13.0. The molecule has 0 fully saturated rings. The van der Waals surface area contributed by atoms with Crippen molar-refractivity contribution in [3.05, 3.63) is 47.3 Å². The van der Waals surface area contributed by atoms with Gasteiger partial charge in [0.15, 0.2) is 0 Å². The second kappa shape index (κ2) is 4.58. The summed E-state index contributed by atoms with van der Waals surface area (Å²) < 4.78 is 26.1. The van der Waals surface area contributed by atoms with E-state index in [2.05, 4.69) is 10.3 Å². The summed E-state index contributed by atoms with van der Waals surface area (Å²) in [7, 11) is 1.65. The van der Waals surface area contributed by atoms with Crippen LogP contribution in [0.25, 0.3) is 0 Å². The first kappa shape index (κ1) is 11.7. The molecule has 0 radical (unpaired) electrons. The van der Waals surface area contributed by atoms with Gasteiger partial charge in [0.25, 0.3) is 6.43 Å². The molecule has 17 heavy (non-hydrogen) atoms. The van der Waals surface area contributed by atoms with Gasteiger partial charge in [-0.05, 0) is 5.56 Å². The second-order valence-corrected chi connectivity index (χ2v) is 3.65. The molecule has 1 heterocycles. The van der Waals surface area contributed by atoms with Crippen molar-refractivity contribution in [2.75, 3.05) is 0 Å². The van der Waals surface area contributed by atoms with Crippen LogP contribution in [0.15, 0.2) is 30.5 Å². The highest BCUT2D eigenvalue weighted by molar-refractivity contribution is 5.28. The molecule has 1 N–H and O–H groups in total. The van der Waals surface area contributed by atoms with Gasteiger partial charge >= 0.3 is 0 Å². The molecule has 2 aromatic rings. The number of alkyl halides is 2. The molecule has 0 aliphatic carbocycles. The smallest absolute Gasteiger partial charge is 0.263 e. The Morgan fingerprint density at radius 3 is 2.24 bits per heavy atom. The number of hydrogen-bond donors (Lipinski definition) is 1. The molecule has 1 atom stereocenters. The Kier molecular flexibility index (Phi) is 3.14. The average Bonchev–Trinajstić information content (AvgIpc) is 2.74. The van der Waals surface area contributed by atoms with E-state index in [0.29, 0.717) is 11.3 Å². The maximum atomic E-state index is 12.4. The highest BCUT2D eigenvalue weighted by Crippen LogP contribution is 2.24. The molecular formula is C11H11F2N3O. The van der Waals surface area contributed by atoms with E-state index < -0.39 is 12.5 Å². The first-order chi connectivity index (χ1) is 8.09. The molecule has 0 aliphatic heterocycles. The summed E-state index contributed by atoms with van der Waals surface area (Å²) in [6.45, 7) is 0. The molecule has 0 saturated heterocycles. The van der Waals surface area contributed by atoms with Crippen molar-refractivity contribution in [1.29, 1.82) is 0 Å². The van der Waals surface area contributed by atoms with Crippen LogP contribution in [-0.4, -0.2) is 20.1 Å². The summed E-state index contributed by atoms with van der Waals surface area (Å²) in [5, 5.41) is 17.3. The zero-order valence-electron chi connectivity index (χ0n) is 9.09. The van der Waals surface area contributed by atoms with Crippen molar-refractivity contribution < 1.29 is 13.9 Å². The molecule has 90 valence electrons. The van der Waals surface area contributed by atoms with Gasteiger partial charge in [-0.15, -0.1) is 5.10 Å². The minimum Gasteiger partial charge on any atom is -0.382 e. The van der Waals surface area contributed by atoms with E-state index in [9.17, 15) is 13.9 Å². The van der Waals surface area contributed by atoms with Crippen molar-refractivity contribution in [2.45, 2.75) is 12.5 Å². The monoisotopic (exact) mass is 239 g/mol. The van der Waals surface area contributed by atoms with Gasteiger partial charge in [-0.2, -0.15) is 0 Å². The third kappa shape index (κ3) is 2.31. The van der Waals surface area contributed by atoms with Crippen molar-refractivity contribution in [3.63, 3.8) is 0 Å². The van der Waals surface area contributed by atoms with Gasteiger partial charge in [0, 0.05) is 12.6 Å². The summed E-state index contributed by atoms with van der Waals surface area (Å²) in [5.74, 6) is 0. The summed E-state index contributed by atoms with van der Waals surface area (Å²) in [5.41, 5.74) is 0.971. The molecule has 4 nitrogen and oxygen atoms in total. The molecule has 0 bridgehead atoms. The Morgan fingerprint density at radius 1 is 1.18 bits per heavy atom. The summed E-state index contributed by atoms with van der Waals surface area (Å²) in [6.07, 6.45) is -1.98. The molecule has 0 amide bonds. The zero-order valence-corrected chi connectivity index (χ0v) is 9.09. The summed E-state index contributed by atoms with van der Waals surface area (Å²) in [6, 6.07) is 5.54. The zero-order chi connectivity index (χ0) is 12.4. The first-order valence-electron chi connectivity index (χ1n) is 5.00. The fourth-order valence-corrected chi connectivity index (χ4v) is 1.54. The highest BCUT2D eigenvalue weighted by atomic mass is 19.3. The van der Waals surface area contributed by atoms with Gasteiger partial charge in [-0.1, -0.05) is 29.5 Å². The topological polar surface area (TPSA) is 50.9 Å². The molecule has 1 aromatic heterocycles. The molecule has 0 aliphatic rings. The number of aryl methyl sites for hydroxylation is 1. The van der Waals surface area contributed by atoms with E-state index in [1.165, 1.54) is 35.1 Å². The molecule has 6 heteroatoms. The largest absolute Gasteiger partial charge is 0.382 e. The lowest BCUT2D eigenvalue weighted by Gasteiger charge is -2.11. The number of aromatic nitrogens is 3. The molecule has 0 saturated carbocycles. The van der Waals surface area contributed by atoms with E-state index in [1.807, 2.05) is 0 Å². The Balaban J connectivity index is 2.26. The van der Waals surface area contributed by atoms with Crippen LogP contribution in [0.1, 0.15) is 29.4 Å². The van der Waals surface area contributed by atoms with Crippen LogP contribution < -0.4 is 0 Å². The third-order valence-electron chi connectivity index (χ3n) is 2.53. The average molecular weight is 239 g/mol. The van der Waals surface area contributed by atoms with E-state index in [-0.39, 0.29) is 5.56 Å². The first-order valence-corrected chi connectivity index (χ1v) is 5.00. The van der Waals surface area contributed by atoms with Gasteiger partial charge in [0.05, 0.1) is 11.9 Å². The minimum atomic E-state index is -2.50. The number of halogens is 2. The number of aliphatic hydroxyl groups excluding tert-OH is 1. The van der Waals surface area contributed by atoms with Crippen LogP contribution in [0, 0.1) is 0 Å². The summed E-state index contributed by atoms with van der Waals surface area (Å²) >= 11 is 0. The Morgan fingerprint density at radius 2 is 1.76 bits per heavy atom. The number of aliphatic hydroxyl groups is 1. The van der Waals surface area contributed by atoms with Crippen molar-refractivity contribution in [3.8, 4) is 0 Å². The molecule has 1 unspecified atom stereocenters. The minimum absolute atomic E-state index is 0.0657. The summed E-state index contributed by atoms with van der Waals surface area (Å²) in [4.78, 5) is 0. The van der Waals surface area contributed by atoms with Crippen LogP contribution in [0.5, 0.6) is 0 Å².